The van der Waals surface area contributed by atoms with Crippen LogP contribution in [0.5, 0.6) is 0 Å². The highest BCUT2D eigenvalue weighted by Gasteiger charge is 2.31. The molecule has 1 aliphatic heterocycles. The standard InChI is InChI=1S/C12H9F3N3OS/c1-2-9-17-18-11(20-9)16-10(19)7-4-3-5-8(6-7)12(13,14)15/h3-6H,2H2,1H3. The molecule has 20 heavy (non-hydrogen) atoms. The van der Waals surface area contributed by atoms with Crippen molar-refractivity contribution >= 4 is 27.9 Å². The number of benzene rings is 1. The van der Waals surface area contributed by atoms with Gasteiger partial charge in [0.15, 0.2) is 0 Å². The van der Waals surface area contributed by atoms with Gasteiger partial charge in [0.05, 0.1) is 5.56 Å². The number of hydrogen-bond donors (Lipinski definition) is 0. The first-order valence-corrected chi connectivity index (χ1v) is 6.47. The van der Waals surface area contributed by atoms with Gasteiger partial charge in [-0.25, -0.2) is 0 Å². The van der Waals surface area contributed by atoms with Crippen LogP contribution in [0.15, 0.2) is 34.4 Å². The fourth-order valence-corrected chi connectivity index (χ4v) is 2.06. The quantitative estimate of drug-likeness (QED) is 0.841. The summed E-state index contributed by atoms with van der Waals surface area (Å²) in [5.41, 5.74) is 2.67. The summed E-state index contributed by atoms with van der Waals surface area (Å²) in [5, 5.41) is 4.63. The number of aliphatic imine (C=N–C) groups is 1. The Morgan fingerprint density at radius 2 is 2.15 bits per heavy atom. The normalized spacial score (nSPS) is 17.0. The lowest BCUT2D eigenvalue weighted by molar-refractivity contribution is -0.137. The molecule has 0 saturated carbocycles. The van der Waals surface area contributed by atoms with E-state index in [2.05, 4.69) is 15.5 Å². The summed E-state index contributed by atoms with van der Waals surface area (Å²) in [6, 6.07) is 4.12. The Kier molecular flexibility index (Phi) is 4.12. The van der Waals surface area contributed by atoms with E-state index in [0.717, 1.165) is 23.9 Å². The summed E-state index contributed by atoms with van der Waals surface area (Å²) in [4.78, 5) is 15.5. The van der Waals surface area contributed by atoms with Gasteiger partial charge in [0.1, 0.15) is 5.04 Å². The van der Waals surface area contributed by atoms with Crippen molar-refractivity contribution in [1.82, 2.24) is 5.43 Å². The van der Waals surface area contributed by atoms with Gasteiger partial charge in [-0.05, 0) is 36.4 Å². The van der Waals surface area contributed by atoms with Gasteiger partial charge in [0.2, 0.25) is 5.17 Å². The summed E-state index contributed by atoms with van der Waals surface area (Å²) in [6.07, 6.45) is -3.83. The molecule has 1 aromatic rings. The lowest BCUT2D eigenvalue weighted by Gasteiger charge is -2.06. The van der Waals surface area contributed by atoms with Crippen LogP contribution in [0.3, 0.4) is 0 Å². The molecule has 0 fully saturated rings. The third kappa shape index (κ3) is 3.38. The highest BCUT2D eigenvalue weighted by Crippen LogP contribution is 2.29. The summed E-state index contributed by atoms with van der Waals surface area (Å²) < 4.78 is 37.6. The second-order valence-corrected chi connectivity index (χ2v) is 4.87. The number of rotatable bonds is 2. The second kappa shape index (κ2) is 5.66. The lowest BCUT2D eigenvalue weighted by Crippen LogP contribution is -2.08. The number of carbonyl (C=O) groups is 1. The Morgan fingerprint density at radius 1 is 1.40 bits per heavy atom. The van der Waals surface area contributed by atoms with Crippen LogP contribution < -0.4 is 5.43 Å². The fourth-order valence-electron chi connectivity index (χ4n) is 1.41. The van der Waals surface area contributed by atoms with Crippen LogP contribution in [0.2, 0.25) is 0 Å². The summed E-state index contributed by atoms with van der Waals surface area (Å²) >= 11 is 1.13. The van der Waals surface area contributed by atoms with E-state index in [1.165, 1.54) is 12.1 Å². The van der Waals surface area contributed by atoms with Crippen molar-refractivity contribution in [2.45, 2.75) is 19.5 Å². The molecule has 0 N–H and O–H groups in total. The lowest BCUT2D eigenvalue weighted by atomic mass is 10.1. The molecule has 105 valence electrons. The zero-order chi connectivity index (χ0) is 14.8. The van der Waals surface area contributed by atoms with Crippen molar-refractivity contribution in [2.75, 3.05) is 0 Å². The molecule has 8 heteroatoms. The molecule has 0 aliphatic carbocycles. The molecule has 0 bridgehead atoms. The maximum Gasteiger partial charge on any atom is 0.416 e. The minimum atomic E-state index is -4.49. The number of amides is 1. The Balaban J connectivity index is 2.17. The molecule has 0 saturated heterocycles. The molecule has 0 spiro atoms. The van der Waals surface area contributed by atoms with Crippen molar-refractivity contribution in [3.63, 3.8) is 0 Å². The van der Waals surface area contributed by atoms with Gasteiger partial charge in [0.25, 0.3) is 5.91 Å². The van der Waals surface area contributed by atoms with Crippen molar-refractivity contribution in [3.8, 4) is 0 Å². The predicted octanol–water partition coefficient (Wildman–Crippen LogP) is 3.28. The number of hydrogen-bond acceptors (Lipinski definition) is 3. The minimum absolute atomic E-state index is 0.131. The SMILES string of the molecule is CCC1=N[N]C(=NC(=O)c2cccc(C(F)(F)F)c2)S1. The highest BCUT2D eigenvalue weighted by molar-refractivity contribution is 8.26. The first kappa shape index (κ1) is 14.6. The molecule has 4 nitrogen and oxygen atoms in total. The molecule has 2 rings (SSSR count). The Labute approximate surface area is 117 Å². The second-order valence-electron chi connectivity index (χ2n) is 3.83. The van der Waals surface area contributed by atoms with E-state index in [9.17, 15) is 18.0 Å². The molecule has 0 unspecified atom stereocenters. The van der Waals surface area contributed by atoms with Crippen molar-refractivity contribution < 1.29 is 18.0 Å². The van der Waals surface area contributed by atoms with Crippen molar-refractivity contribution in [3.05, 3.63) is 35.4 Å². The Morgan fingerprint density at radius 3 is 2.75 bits per heavy atom. The zero-order valence-corrected chi connectivity index (χ0v) is 11.1. The number of amidine groups is 1. The van der Waals surface area contributed by atoms with Crippen LogP contribution in [-0.2, 0) is 6.18 Å². The van der Waals surface area contributed by atoms with Gasteiger partial charge in [0, 0.05) is 5.56 Å². The molecular formula is C12H9F3N3OS. The van der Waals surface area contributed by atoms with E-state index in [1.807, 2.05) is 6.92 Å². The Hall–Kier alpha value is -1.83. The Bertz CT molecular complexity index is 596. The number of nitrogens with zero attached hydrogens (tertiary/aromatic N) is 3. The number of alkyl halides is 3. The van der Waals surface area contributed by atoms with Crippen molar-refractivity contribution in [2.24, 2.45) is 10.1 Å². The predicted molar refractivity (Wildman–Crippen MR) is 70.7 cm³/mol. The van der Waals surface area contributed by atoms with Gasteiger partial charge in [-0.15, -0.1) is 10.5 Å². The highest BCUT2D eigenvalue weighted by atomic mass is 32.2. The third-order valence-corrected chi connectivity index (χ3v) is 3.35. The minimum Gasteiger partial charge on any atom is -0.267 e. The maximum atomic E-state index is 12.5. The molecule has 1 heterocycles. The fraction of sp³-hybridized carbons (Fsp3) is 0.250. The largest absolute Gasteiger partial charge is 0.416 e. The van der Waals surface area contributed by atoms with E-state index in [4.69, 9.17) is 0 Å². The van der Waals surface area contributed by atoms with E-state index < -0.39 is 17.6 Å². The first-order chi connectivity index (χ1) is 9.40. The molecule has 0 aromatic heterocycles. The van der Waals surface area contributed by atoms with E-state index in [1.54, 1.807) is 0 Å². The van der Waals surface area contributed by atoms with Crippen LogP contribution >= 0.6 is 11.8 Å². The van der Waals surface area contributed by atoms with Crippen LogP contribution in [-0.4, -0.2) is 16.1 Å². The van der Waals surface area contributed by atoms with Crippen LogP contribution in [0, 0.1) is 0 Å². The van der Waals surface area contributed by atoms with Gasteiger partial charge in [-0.3, -0.25) is 4.79 Å². The smallest absolute Gasteiger partial charge is 0.267 e. The number of thioether (sulfide) groups is 1. The van der Waals surface area contributed by atoms with Crippen LogP contribution in [0.25, 0.3) is 0 Å². The third-order valence-electron chi connectivity index (χ3n) is 2.39. The zero-order valence-electron chi connectivity index (χ0n) is 10.3. The molecule has 1 radical (unpaired) electrons. The maximum absolute atomic E-state index is 12.5. The molecule has 1 amide bonds. The van der Waals surface area contributed by atoms with Gasteiger partial charge in [-0.2, -0.15) is 18.2 Å². The average Bonchev–Trinajstić information content (AvgIpc) is 2.85. The van der Waals surface area contributed by atoms with Gasteiger partial charge < -0.3 is 0 Å². The monoisotopic (exact) mass is 300 g/mol. The first-order valence-electron chi connectivity index (χ1n) is 5.66. The average molecular weight is 300 g/mol. The van der Waals surface area contributed by atoms with Crippen LogP contribution in [0.4, 0.5) is 13.2 Å². The van der Waals surface area contributed by atoms with Crippen molar-refractivity contribution in [1.29, 1.82) is 0 Å². The van der Waals surface area contributed by atoms with E-state index in [-0.39, 0.29) is 10.7 Å². The molecule has 0 atom stereocenters. The molecular weight excluding hydrogens is 291 g/mol. The topological polar surface area (TPSA) is 55.9 Å². The van der Waals surface area contributed by atoms with Gasteiger partial charge >= 0.3 is 6.18 Å². The molecule has 1 aromatic carbocycles. The molecule has 1 aliphatic rings. The van der Waals surface area contributed by atoms with E-state index in [0.29, 0.717) is 11.5 Å². The summed E-state index contributed by atoms with van der Waals surface area (Å²) in [6.45, 7) is 1.87. The van der Waals surface area contributed by atoms with E-state index >= 15 is 0 Å². The van der Waals surface area contributed by atoms with Crippen LogP contribution in [0.1, 0.15) is 29.3 Å². The summed E-state index contributed by atoms with van der Waals surface area (Å²) in [7, 11) is 0. The van der Waals surface area contributed by atoms with Gasteiger partial charge in [-0.1, -0.05) is 13.0 Å². The summed E-state index contributed by atoms with van der Waals surface area (Å²) in [5.74, 6) is -0.769. The number of carbonyl (C=O) groups excluding carboxylic acids is 1. The number of halogens is 3.